The molecule has 0 aliphatic rings. The van der Waals surface area contributed by atoms with Crippen molar-refractivity contribution >= 4 is 37.8 Å². The minimum absolute atomic E-state index is 0.232. The number of aliphatic carboxylic acids is 1. The average molecular weight is 408 g/mol. The van der Waals surface area contributed by atoms with Crippen LogP contribution in [-0.2, 0) is 4.79 Å². The molecule has 114 valence electrons. The molecule has 2 nitrogen and oxygen atoms in total. The monoisotopic (exact) mass is 406 g/mol. The number of halogens is 2. The van der Waals surface area contributed by atoms with E-state index in [1.54, 1.807) is 0 Å². The van der Waals surface area contributed by atoms with E-state index in [0.29, 0.717) is 12.8 Å². The molecule has 0 atom stereocenters. The fraction of sp³-hybridized carbons (Fsp3) is 0.688. The molecule has 0 heterocycles. The zero-order valence-corrected chi connectivity index (χ0v) is 15.1. The van der Waals surface area contributed by atoms with Crippen molar-refractivity contribution in [1.82, 2.24) is 0 Å². The van der Waals surface area contributed by atoms with Gasteiger partial charge in [0.05, 0.1) is 3.39 Å². The lowest BCUT2D eigenvalue weighted by molar-refractivity contribution is -0.137. The molecule has 0 radical (unpaired) electrons. The van der Waals surface area contributed by atoms with E-state index in [2.05, 4.69) is 49.8 Å². The fourth-order valence-corrected chi connectivity index (χ4v) is 2.24. The molecule has 0 aliphatic heterocycles. The van der Waals surface area contributed by atoms with Gasteiger partial charge in [-0.2, -0.15) is 0 Å². The summed E-state index contributed by atoms with van der Waals surface area (Å²) in [4.78, 5) is 10.3. The van der Waals surface area contributed by atoms with E-state index in [-0.39, 0.29) is 6.42 Å². The molecule has 0 aromatic heterocycles. The molecule has 0 amide bonds. The van der Waals surface area contributed by atoms with Gasteiger partial charge in [0.2, 0.25) is 0 Å². The molecule has 1 N–H and O–H groups in total. The Morgan fingerprint density at radius 2 is 1.45 bits per heavy atom. The number of allylic oxidation sites excluding steroid dienone is 1. The summed E-state index contributed by atoms with van der Waals surface area (Å²) in [5.74, 6) is 5.43. The van der Waals surface area contributed by atoms with Crippen molar-refractivity contribution in [2.45, 2.75) is 70.6 Å². The van der Waals surface area contributed by atoms with Gasteiger partial charge in [-0.15, -0.1) is 11.8 Å². The molecule has 0 fully saturated rings. The van der Waals surface area contributed by atoms with Gasteiger partial charge >= 0.3 is 5.97 Å². The molecule has 0 rings (SSSR count). The van der Waals surface area contributed by atoms with E-state index in [1.807, 2.05) is 0 Å². The van der Waals surface area contributed by atoms with Crippen LogP contribution in [0.4, 0.5) is 0 Å². The lowest BCUT2D eigenvalue weighted by atomic mass is 10.1. The first-order chi connectivity index (χ1) is 9.63. The molecule has 20 heavy (non-hydrogen) atoms. The highest BCUT2D eigenvalue weighted by atomic mass is 79.9. The van der Waals surface area contributed by atoms with Gasteiger partial charge in [0.1, 0.15) is 0 Å². The number of unbranched alkanes of at least 4 members (excludes halogenated alkanes) is 8. The number of carbonyl (C=O) groups is 1. The second kappa shape index (κ2) is 15.1. The van der Waals surface area contributed by atoms with Crippen LogP contribution in [0.3, 0.4) is 0 Å². The van der Waals surface area contributed by atoms with Gasteiger partial charge in [-0.05, 0) is 57.5 Å². The van der Waals surface area contributed by atoms with E-state index >= 15 is 0 Å². The predicted octanol–water partition coefficient (Wildman–Crippen LogP) is 6.00. The Morgan fingerprint density at radius 1 is 0.900 bits per heavy atom. The van der Waals surface area contributed by atoms with Gasteiger partial charge in [-0.1, -0.05) is 31.8 Å². The first-order valence-electron chi connectivity index (χ1n) is 7.31. The van der Waals surface area contributed by atoms with Crippen molar-refractivity contribution in [3.63, 3.8) is 0 Å². The first-order valence-corrected chi connectivity index (χ1v) is 8.90. The summed E-state index contributed by atoms with van der Waals surface area (Å²) in [5, 5.41) is 8.46. The molecule has 0 aromatic carbocycles. The van der Waals surface area contributed by atoms with Gasteiger partial charge in [0.25, 0.3) is 0 Å². The molecule has 0 spiro atoms. The second-order valence-electron chi connectivity index (χ2n) is 4.75. The molecule has 0 saturated heterocycles. The van der Waals surface area contributed by atoms with Gasteiger partial charge in [0, 0.05) is 19.3 Å². The Balaban J connectivity index is 3.19. The molecule has 0 unspecified atom stereocenters. The Morgan fingerprint density at radius 3 is 2.05 bits per heavy atom. The summed E-state index contributed by atoms with van der Waals surface area (Å²) >= 11 is 6.70. The van der Waals surface area contributed by atoms with Crippen LogP contribution < -0.4 is 0 Å². The summed E-state index contributed by atoms with van der Waals surface area (Å²) in [7, 11) is 0. The number of carboxylic acids is 1. The summed E-state index contributed by atoms with van der Waals surface area (Å²) in [6, 6.07) is 0. The SMILES string of the molecule is O=C(O)CCCC#CCCCCCCCCC=C(Br)Br. The van der Waals surface area contributed by atoms with E-state index in [9.17, 15) is 4.79 Å². The highest BCUT2D eigenvalue weighted by Gasteiger charge is 1.93. The largest absolute Gasteiger partial charge is 0.481 e. The Bertz CT molecular complexity index is 336. The quantitative estimate of drug-likeness (QED) is 0.337. The predicted molar refractivity (Wildman–Crippen MR) is 92.1 cm³/mol. The second-order valence-corrected chi connectivity index (χ2v) is 7.53. The van der Waals surface area contributed by atoms with E-state index in [1.165, 1.54) is 38.5 Å². The standard InChI is InChI=1S/C16H24Br2O2/c17-15(18)13-11-9-7-5-3-1-2-4-6-8-10-12-14-16(19)20/h13H,1-5,7,9-12,14H2,(H,19,20). The molecule has 0 saturated carbocycles. The molecule has 4 heteroatoms. The number of hydrogen-bond acceptors (Lipinski definition) is 1. The lowest BCUT2D eigenvalue weighted by Gasteiger charge is -1.98. The van der Waals surface area contributed by atoms with Crippen LogP contribution in [0.25, 0.3) is 0 Å². The van der Waals surface area contributed by atoms with E-state index < -0.39 is 5.97 Å². The minimum atomic E-state index is -0.731. The van der Waals surface area contributed by atoms with Crippen molar-refractivity contribution in [1.29, 1.82) is 0 Å². The number of hydrogen-bond donors (Lipinski definition) is 1. The van der Waals surface area contributed by atoms with Gasteiger partial charge < -0.3 is 5.11 Å². The molecular formula is C16H24Br2O2. The highest BCUT2D eigenvalue weighted by molar-refractivity contribution is 9.28. The Kier molecular flexibility index (Phi) is 14.9. The van der Waals surface area contributed by atoms with Crippen LogP contribution in [0.5, 0.6) is 0 Å². The van der Waals surface area contributed by atoms with Crippen LogP contribution in [0, 0.1) is 11.8 Å². The van der Waals surface area contributed by atoms with Crippen molar-refractivity contribution in [2.75, 3.05) is 0 Å². The zero-order valence-electron chi connectivity index (χ0n) is 12.0. The van der Waals surface area contributed by atoms with Gasteiger partial charge in [0.15, 0.2) is 0 Å². The number of carboxylic acid groups (broad SMARTS) is 1. The summed E-state index contributed by atoms with van der Waals surface area (Å²) in [6.07, 6.45) is 13.4. The van der Waals surface area contributed by atoms with Gasteiger partial charge in [-0.3, -0.25) is 4.79 Å². The van der Waals surface area contributed by atoms with Crippen LogP contribution in [0.2, 0.25) is 0 Å². The Hall–Kier alpha value is -0.270. The molecule has 0 aromatic rings. The van der Waals surface area contributed by atoms with Crippen molar-refractivity contribution in [3.05, 3.63) is 9.47 Å². The summed E-state index contributed by atoms with van der Waals surface area (Å²) in [5.41, 5.74) is 0. The number of rotatable bonds is 11. The normalized spacial score (nSPS) is 9.70. The van der Waals surface area contributed by atoms with Crippen LogP contribution in [0.1, 0.15) is 70.6 Å². The third-order valence-corrected chi connectivity index (χ3v) is 3.52. The van der Waals surface area contributed by atoms with E-state index in [0.717, 1.165) is 16.2 Å². The van der Waals surface area contributed by atoms with Crippen LogP contribution >= 0.6 is 31.9 Å². The fourth-order valence-electron chi connectivity index (χ4n) is 1.78. The topological polar surface area (TPSA) is 37.3 Å². The highest BCUT2D eigenvalue weighted by Crippen LogP contribution is 2.15. The van der Waals surface area contributed by atoms with Crippen LogP contribution in [-0.4, -0.2) is 11.1 Å². The minimum Gasteiger partial charge on any atom is -0.481 e. The first kappa shape index (κ1) is 19.7. The molecule has 0 bridgehead atoms. The van der Waals surface area contributed by atoms with Crippen molar-refractivity contribution in [3.8, 4) is 11.8 Å². The average Bonchev–Trinajstić information content (AvgIpc) is 2.38. The maximum atomic E-state index is 10.3. The molecule has 0 aliphatic carbocycles. The lowest BCUT2D eigenvalue weighted by Crippen LogP contribution is -1.92. The maximum Gasteiger partial charge on any atom is 0.303 e. The molecular weight excluding hydrogens is 384 g/mol. The van der Waals surface area contributed by atoms with Crippen molar-refractivity contribution < 1.29 is 9.90 Å². The Labute approximate surface area is 139 Å². The smallest absolute Gasteiger partial charge is 0.303 e. The summed E-state index contributed by atoms with van der Waals surface area (Å²) in [6.45, 7) is 0. The zero-order chi connectivity index (χ0) is 15.1. The third kappa shape index (κ3) is 17.7. The van der Waals surface area contributed by atoms with Gasteiger partial charge in [-0.25, -0.2) is 0 Å². The van der Waals surface area contributed by atoms with Crippen molar-refractivity contribution in [2.24, 2.45) is 0 Å². The van der Waals surface area contributed by atoms with E-state index in [4.69, 9.17) is 5.11 Å². The van der Waals surface area contributed by atoms with Crippen LogP contribution in [0.15, 0.2) is 9.47 Å². The summed E-state index contributed by atoms with van der Waals surface area (Å²) < 4.78 is 1.05. The third-order valence-electron chi connectivity index (χ3n) is 2.87. The maximum absolute atomic E-state index is 10.3.